The van der Waals surface area contributed by atoms with Gasteiger partial charge in [-0.25, -0.2) is 13.2 Å². The Morgan fingerprint density at radius 1 is 0.639 bits per heavy atom. The Labute approximate surface area is 220 Å². The van der Waals surface area contributed by atoms with E-state index in [0.717, 1.165) is 61.3 Å². The molecule has 5 aromatic carbocycles. The second-order valence-electron chi connectivity index (χ2n) is 8.93. The van der Waals surface area contributed by atoms with Gasteiger partial charge >= 0.3 is 0 Å². The quantitative estimate of drug-likeness (QED) is 0.103. The van der Waals surface area contributed by atoms with Crippen LogP contribution in [0.5, 0.6) is 0 Å². The third kappa shape index (κ3) is 3.99. The van der Waals surface area contributed by atoms with Crippen molar-refractivity contribution in [2.75, 3.05) is 0 Å². The largest absolute Gasteiger partial charge is 0.304 e. The van der Waals surface area contributed by atoms with Crippen LogP contribution in [0.1, 0.15) is 11.1 Å². The van der Waals surface area contributed by atoms with Crippen LogP contribution in [0.3, 0.4) is 0 Å². The first kappa shape index (κ1) is 24.2. The van der Waals surface area contributed by atoms with Gasteiger partial charge in [-0.3, -0.25) is 0 Å². The van der Waals surface area contributed by atoms with Gasteiger partial charge in [0, 0.05) is 26.3 Å². The normalized spacial score (nSPS) is 11.2. The summed E-state index contributed by atoms with van der Waals surface area (Å²) in [7, 11) is 0. The molecule has 0 spiro atoms. The molecule has 0 aliphatic rings. The first-order valence-electron chi connectivity index (χ1n) is 11.3. The molecule has 0 bridgehead atoms. The van der Waals surface area contributed by atoms with Crippen molar-refractivity contribution in [2.24, 2.45) is 0 Å². The zero-order valence-corrected chi connectivity index (χ0v) is 21.8. The maximum atomic E-state index is 13.8. The van der Waals surface area contributed by atoms with Crippen molar-refractivity contribution >= 4 is 32.3 Å². The molecule has 0 saturated heterocycles. The Hall–Kier alpha value is -3.53. The number of hydrogen-bond donors (Lipinski definition) is 0. The fourth-order valence-corrected chi connectivity index (χ4v) is 4.95. The second-order valence-corrected chi connectivity index (χ2v) is 8.93. The number of nitrogens with zero attached hydrogens (tertiary/aromatic N) is 1. The summed E-state index contributed by atoms with van der Waals surface area (Å²) in [5.41, 5.74) is 5.01. The molecule has 0 aliphatic carbocycles. The van der Waals surface area contributed by atoms with E-state index >= 15 is 0 Å². The number of fused-ring (bicyclic) bond motifs is 5. The molecule has 1 aromatic heterocycles. The topological polar surface area (TPSA) is 12.9 Å². The Kier molecular flexibility index (Phi) is 6.15. The van der Waals surface area contributed by atoms with Crippen molar-refractivity contribution in [1.29, 1.82) is 0 Å². The Balaban J connectivity index is 0.00000267. The molecule has 0 saturated carbocycles. The minimum Gasteiger partial charge on any atom is -0.304 e. The first-order chi connectivity index (χ1) is 16.9. The number of rotatable bonds is 2. The van der Waals surface area contributed by atoms with Crippen molar-refractivity contribution < 1.29 is 33.3 Å². The molecular weight excluding hydrogens is 636 g/mol. The fraction of sp³-hybridized carbons (Fsp3) is 0.0645. The smallest absolute Gasteiger partial charge is 0.194 e. The second kappa shape index (κ2) is 9.16. The molecule has 1 nitrogen and oxygen atoms in total. The minimum absolute atomic E-state index is 0. The van der Waals surface area contributed by atoms with E-state index in [0.29, 0.717) is 11.1 Å². The van der Waals surface area contributed by atoms with Crippen molar-refractivity contribution in [3.05, 3.63) is 114 Å². The van der Waals surface area contributed by atoms with Gasteiger partial charge in [0.25, 0.3) is 0 Å². The van der Waals surface area contributed by atoms with Gasteiger partial charge in [-0.2, -0.15) is 0 Å². The molecule has 0 unspecified atom stereocenters. The summed E-state index contributed by atoms with van der Waals surface area (Å²) >= 11 is 0. The molecule has 6 rings (SSSR count). The summed E-state index contributed by atoms with van der Waals surface area (Å²) < 4.78 is 40.9. The molecule has 0 amide bonds. The number of aryl methyl sites for hydroxylation is 2. The van der Waals surface area contributed by atoms with Crippen molar-refractivity contribution in [1.82, 2.24) is 4.98 Å². The zero-order chi connectivity index (χ0) is 24.3. The Morgan fingerprint density at radius 2 is 1.28 bits per heavy atom. The molecule has 0 N–H and O–H groups in total. The van der Waals surface area contributed by atoms with Gasteiger partial charge in [-0.1, -0.05) is 50.2 Å². The number of hydrogen-bond acceptors (Lipinski definition) is 1. The van der Waals surface area contributed by atoms with E-state index in [9.17, 15) is 13.2 Å². The monoisotopic (exact) mass is 655 g/mol. The Morgan fingerprint density at radius 3 is 2.03 bits per heavy atom. The van der Waals surface area contributed by atoms with Crippen LogP contribution >= 0.6 is 0 Å². The molecule has 36 heavy (non-hydrogen) atoms. The van der Waals surface area contributed by atoms with Gasteiger partial charge in [0.05, 0.1) is 0 Å². The predicted octanol–water partition coefficient (Wildman–Crippen LogP) is 8.71. The van der Waals surface area contributed by atoms with Gasteiger partial charge in [0.1, 0.15) is 0 Å². The van der Waals surface area contributed by atoms with E-state index in [-0.39, 0.29) is 20.1 Å². The summed E-state index contributed by atoms with van der Waals surface area (Å²) in [6.07, 6.45) is 1.83. The minimum atomic E-state index is -1.46. The molecular formula is C31H19F3IrN-. The summed E-state index contributed by atoms with van der Waals surface area (Å²) in [6.45, 7) is 4.10. The molecule has 5 heteroatoms. The summed E-state index contributed by atoms with van der Waals surface area (Å²) in [6, 6.07) is 25.5. The van der Waals surface area contributed by atoms with Gasteiger partial charge in [0.15, 0.2) is 17.5 Å². The van der Waals surface area contributed by atoms with Crippen LogP contribution in [0.2, 0.25) is 0 Å². The summed E-state index contributed by atoms with van der Waals surface area (Å²) in [5.74, 6) is -3.86. The summed E-state index contributed by atoms with van der Waals surface area (Å²) in [4.78, 5) is 4.67. The summed E-state index contributed by atoms with van der Waals surface area (Å²) in [5, 5.41) is 6.25. The molecule has 0 fully saturated rings. The van der Waals surface area contributed by atoms with Crippen molar-refractivity contribution in [3.8, 4) is 22.4 Å². The van der Waals surface area contributed by atoms with Crippen LogP contribution in [-0.2, 0) is 20.1 Å². The van der Waals surface area contributed by atoms with Crippen LogP contribution in [-0.4, -0.2) is 4.98 Å². The van der Waals surface area contributed by atoms with E-state index in [1.54, 1.807) is 6.07 Å². The molecule has 0 aliphatic heterocycles. The molecule has 6 aromatic rings. The fourth-order valence-electron chi connectivity index (χ4n) is 4.95. The molecule has 179 valence electrons. The molecule has 1 heterocycles. The van der Waals surface area contributed by atoms with E-state index in [4.69, 9.17) is 0 Å². The predicted molar refractivity (Wildman–Crippen MR) is 136 cm³/mol. The maximum Gasteiger partial charge on any atom is 0.194 e. The number of benzene rings is 5. The van der Waals surface area contributed by atoms with E-state index < -0.39 is 17.5 Å². The van der Waals surface area contributed by atoms with E-state index in [1.165, 1.54) is 5.56 Å². The third-order valence-corrected chi connectivity index (χ3v) is 6.48. The van der Waals surface area contributed by atoms with Crippen LogP contribution in [0.4, 0.5) is 13.2 Å². The van der Waals surface area contributed by atoms with Gasteiger partial charge < -0.3 is 4.98 Å². The van der Waals surface area contributed by atoms with E-state index in [2.05, 4.69) is 48.3 Å². The Bertz CT molecular complexity index is 1770. The number of pyridine rings is 1. The number of aromatic nitrogens is 1. The average Bonchev–Trinajstić information content (AvgIpc) is 2.85. The standard InChI is InChI=1S/C31H19F3N.Ir/c1-17-11-18(2)13-22(12-17)31-27-8-7-24-23-5-3-19(21-15-28(32)30(34)29(33)16-21)14-20(23)4-6-25(24)26(27)9-10-35-31;/h3-12,14-16H,1-2H3;/q-1;. The van der Waals surface area contributed by atoms with Crippen LogP contribution < -0.4 is 0 Å². The maximum absolute atomic E-state index is 13.8. The zero-order valence-electron chi connectivity index (χ0n) is 19.4. The first-order valence-corrected chi connectivity index (χ1v) is 11.3. The average molecular weight is 655 g/mol. The van der Waals surface area contributed by atoms with Crippen molar-refractivity contribution in [2.45, 2.75) is 13.8 Å². The van der Waals surface area contributed by atoms with Gasteiger partial charge in [-0.05, 0) is 73.4 Å². The molecule has 0 atom stereocenters. The van der Waals surface area contributed by atoms with Crippen LogP contribution in [0.15, 0.2) is 79.0 Å². The van der Waals surface area contributed by atoms with Gasteiger partial charge in [-0.15, -0.1) is 34.9 Å². The van der Waals surface area contributed by atoms with Gasteiger partial charge in [0.2, 0.25) is 0 Å². The third-order valence-electron chi connectivity index (χ3n) is 6.48. The van der Waals surface area contributed by atoms with Crippen LogP contribution in [0.25, 0.3) is 54.7 Å². The van der Waals surface area contributed by atoms with E-state index in [1.807, 2.05) is 37.4 Å². The molecule has 1 radical (unpaired) electrons. The number of halogens is 3. The van der Waals surface area contributed by atoms with Crippen molar-refractivity contribution in [3.63, 3.8) is 0 Å². The van der Waals surface area contributed by atoms with Crippen LogP contribution in [0, 0.1) is 37.4 Å². The SMILES string of the molecule is Cc1[c-]c(-c2nccc3c2ccc2c4ccc(-c5cc(F)c(F)c(F)c5)cc4ccc32)cc(C)c1.[Ir].